The van der Waals surface area contributed by atoms with Crippen LogP contribution >= 0.6 is 0 Å². The fourth-order valence-electron chi connectivity index (χ4n) is 1.98. The third kappa shape index (κ3) is 6.37. The molecule has 0 N–H and O–H groups in total. The second kappa shape index (κ2) is 9.54. The molecule has 106 valence electrons. The van der Waals surface area contributed by atoms with Gasteiger partial charge < -0.3 is 4.74 Å². The Morgan fingerprint density at radius 3 is 2.47 bits per heavy atom. The van der Waals surface area contributed by atoms with Crippen molar-refractivity contribution < 1.29 is 13.9 Å². The molecule has 0 spiro atoms. The minimum absolute atomic E-state index is 0.281. The minimum Gasteiger partial charge on any atom is -0.493 e. The highest BCUT2D eigenvalue weighted by molar-refractivity contribution is 5.79. The number of benzene rings is 1. The maximum Gasteiger partial charge on any atom is 0.153 e. The summed E-state index contributed by atoms with van der Waals surface area (Å²) in [5, 5.41) is 0. The summed E-state index contributed by atoms with van der Waals surface area (Å²) in [5.41, 5.74) is 0.281. The SMILES string of the molecule is CCCCCCCCCOc1ccc(F)cc1C=O. The number of carbonyl (C=O) groups is 1. The molecule has 0 aliphatic carbocycles. The fourth-order valence-corrected chi connectivity index (χ4v) is 1.98. The molecule has 0 bridgehead atoms. The van der Waals surface area contributed by atoms with Gasteiger partial charge in [-0.1, -0.05) is 45.4 Å². The molecule has 0 radical (unpaired) electrons. The van der Waals surface area contributed by atoms with Crippen LogP contribution in [0.4, 0.5) is 4.39 Å². The van der Waals surface area contributed by atoms with E-state index in [1.807, 2.05) is 0 Å². The molecule has 3 heteroatoms. The average molecular weight is 266 g/mol. The molecule has 0 atom stereocenters. The van der Waals surface area contributed by atoms with Crippen LogP contribution in [0.25, 0.3) is 0 Å². The van der Waals surface area contributed by atoms with Gasteiger partial charge in [-0.15, -0.1) is 0 Å². The summed E-state index contributed by atoms with van der Waals surface area (Å²) in [5.74, 6) is 0.0627. The van der Waals surface area contributed by atoms with E-state index in [1.165, 1.54) is 50.3 Å². The summed E-state index contributed by atoms with van der Waals surface area (Å²) in [6.45, 7) is 2.79. The highest BCUT2D eigenvalue weighted by atomic mass is 19.1. The first kappa shape index (κ1) is 15.7. The predicted molar refractivity (Wildman–Crippen MR) is 75.3 cm³/mol. The number of unbranched alkanes of at least 4 members (excludes halogenated alkanes) is 6. The van der Waals surface area contributed by atoms with Crippen LogP contribution in [-0.2, 0) is 0 Å². The summed E-state index contributed by atoms with van der Waals surface area (Å²) in [4.78, 5) is 10.8. The Kier molecular flexibility index (Phi) is 7.87. The van der Waals surface area contributed by atoms with Gasteiger partial charge in [-0.2, -0.15) is 0 Å². The molecule has 0 saturated heterocycles. The van der Waals surface area contributed by atoms with E-state index >= 15 is 0 Å². The Labute approximate surface area is 115 Å². The molecule has 0 saturated carbocycles. The molecule has 2 nitrogen and oxygen atoms in total. The Hall–Kier alpha value is -1.38. The van der Waals surface area contributed by atoms with E-state index in [0.29, 0.717) is 18.6 Å². The van der Waals surface area contributed by atoms with Gasteiger partial charge in [-0.25, -0.2) is 4.39 Å². The first-order valence-corrected chi connectivity index (χ1v) is 7.15. The molecular weight excluding hydrogens is 243 g/mol. The van der Waals surface area contributed by atoms with Gasteiger partial charge in [0, 0.05) is 0 Å². The maximum atomic E-state index is 12.9. The zero-order chi connectivity index (χ0) is 13.9. The number of ether oxygens (including phenoxy) is 1. The van der Waals surface area contributed by atoms with E-state index in [9.17, 15) is 9.18 Å². The first-order chi connectivity index (χ1) is 9.27. The van der Waals surface area contributed by atoms with Crippen molar-refractivity contribution in [1.29, 1.82) is 0 Å². The van der Waals surface area contributed by atoms with E-state index in [2.05, 4.69) is 6.92 Å². The first-order valence-electron chi connectivity index (χ1n) is 7.15. The number of hydrogen-bond donors (Lipinski definition) is 0. The standard InChI is InChI=1S/C16H23FO2/c1-2-3-4-5-6-7-8-11-19-16-10-9-15(17)12-14(16)13-18/h9-10,12-13H,2-8,11H2,1H3. The molecule has 1 aromatic rings. The van der Waals surface area contributed by atoms with E-state index in [0.717, 1.165) is 12.8 Å². The summed E-state index contributed by atoms with van der Waals surface area (Å²) in [6.07, 6.45) is 9.14. The van der Waals surface area contributed by atoms with Gasteiger partial charge in [-0.3, -0.25) is 4.79 Å². The molecule has 0 unspecified atom stereocenters. The lowest BCUT2D eigenvalue weighted by Crippen LogP contribution is -2.00. The molecule has 0 aliphatic rings. The van der Waals surface area contributed by atoms with Gasteiger partial charge in [0.25, 0.3) is 0 Å². The third-order valence-corrected chi connectivity index (χ3v) is 3.10. The van der Waals surface area contributed by atoms with Crippen molar-refractivity contribution in [2.75, 3.05) is 6.61 Å². The summed E-state index contributed by atoms with van der Waals surface area (Å²) in [6, 6.07) is 4.03. The Morgan fingerprint density at radius 1 is 1.11 bits per heavy atom. The van der Waals surface area contributed by atoms with Gasteiger partial charge >= 0.3 is 0 Å². The van der Waals surface area contributed by atoms with Crippen LogP contribution in [-0.4, -0.2) is 12.9 Å². The number of rotatable bonds is 10. The molecule has 0 amide bonds. The van der Waals surface area contributed by atoms with Crippen LogP contribution in [0.5, 0.6) is 5.75 Å². The van der Waals surface area contributed by atoms with Crippen LogP contribution in [0, 0.1) is 5.82 Å². The largest absolute Gasteiger partial charge is 0.493 e. The molecule has 0 aliphatic heterocycles. The van der Waals surface area contributed by atoms with Crippen LogP contribution in [0.2, 0.25) is 0 Å². The monoisotopic (exact) mass is 266 g/mol. The Balaban J connectivity index is 2.17. The molecule has 0 aromatic heterocycles. The van der Waals surface area contributed by atoms with Crippen LogP contribution in [0.3, 0.4) is 0 Å². The highest BCUT2D eigenvalue weighted by Crippen LogP contribution is 2.18. The number of carbonyl (C=O) groups excluding carboxylic acids is 1. The lowest BCUT2D eigenvalue weighted by atomic mass is 10.1. The number of aldehydes is 1. The zero-order valence-corrected chi connectivity index (χ0v) is 11.7. The number of hydrogen-bond acceptors (Lipinski definition) is 2. The maximum absolute atomic E-state index is 12.9. The predicted octanol–water partition coefficient (Wildman–Crippen LogP) is 4.77. The smallest absolute Gasteiger partial charge is 0.153 e. The van der Waals surface area contributed by atoms with Crippen molar-refractivity contribution in [1.82, 2.24) is 0 Å². The minimum atomic E-state index is -0.412. The van der Waals surface area contributed by atoms with Crippen molar-refractivity contribution in [2.24, 2.45) is 0 Å². The molecular formula is C16H23FO2. The zero-order valence-electron chi connectivity index (χ0n) is 11.7. The van der Waals surface area contributed by atoms with Gasteiger partial charge in [0.2, 0.25) is 0 Å². The van der Waals surface area contributed by atoms with Crippen molar-refractivity contribution in [2.45, 2.75) is 51.9 Å². The quantitative estimate of drug-likeness (QED) is 0.450. The topological polar surface area (TPSA) is 26.3 Å². The summed E-state index contributed by atoms with van der Waals surface area (Å²) >= 11 is 0. The van der Waals surface area contributed by atoms with Gasteiger partial charge in [-0.05, 0) is 24.6 Å². The summed E-state index contributed by atoms with van der Waals surface area (Å²) < 4.78 is 18.4. The number of halogens is 1. The summed E-state index contributed by atoms with van der Waals surface area (Å²) in [7, 11) is 0. The normalized spacial score (nSPS) is 10.4. The van der Waals surface area contributed by atoms with Gasteiger partial charge in [0.15, 0.2) is 6.29 Å². The van der Waals surface area contributed by atoms with Crippen LogP contribution in [0.1, 0.15) is 62.2 Å². The van der Waals surface area contributed by atoms with Gasteiger partial charge in [0.1, 0.15) is 11.6 Å². The van der Waals surface area contributed by atoms with E-state index < -0.39 is 5.82 Å². The van der Waals surface area contributed by atoms with Crippen molar-refractivity contribution in [3.8, 4) is 5.75 Å². The van der Waals surface area contributed by atoms with E-state index in [4.69, 9.17) is 4.74 Å². The lowest BCUT2D eigenvalue weighted by Gasteiger charge is -2.08. The van der Waals surface area contributed by atoms with Gasteiger partial charge in [0.05, 0.1) is 12.2 Å². The molecule has 0 heterocycles. The Bertz CT molecular complexity index is 377. The van der Waals surface area contributed by atoms with Crippen molar-refractivity contribution in [3.05, 3.63) is 29.6 Å². The second-order valence-corrected chi connectivity index (χ2v) is 4.77. The molecule has 0 fully saturated rings. The Morgan fingerprint density at radius 2 is 1.79 bits per heavy atom. The van der Waals surface area contributed by atoms with Crippen molar-refractivity contribution >= 4 is 6.29 Å². The highest BCUT2D eigenvalue weighted by Gasteiger charge is 2.04. The van der Waals surface area contributed by atoms with Crippen molar-refractivity contribution in [3.63, 3.8) is 0 Å². The van der Waals surface area contributed by atoms with E-state index in [-0.39, 0.29) is 5.56 Å². The molecule has 1 aromatic carbocycles. The average Bonchev–Trinajstić information content (AvgIpc) is 2.43. The van der Waals surface area contributed by atoms with Crippen LogP contribution < -0.4 is 4.74 Å². The lowest BCUT2D eigenvalue weighted by molar-refractivity contribution is 0.111. The molecule has 19 heavy (non-hydrogen) atoms. The van der Waals surface area contributed by atoms with E-state index in [1.54, 1.807) is 0 Å². The van der Waals surface area contributed by atoms with Crippen LogP contribution in [0.15, 0.2) is 18.2 Å². The third-order valence-electron chi connectivity index (χ3n) is 3.10. The molecule has 1 rings (SSSR count). The fraction of sp³-hybridized carbons (Fsp3) is 0.562. The second-order valence-electron chi connectivity index (χ2n) is 4.77.